The van der Waals surface area contributed by atoms with Gasteiger partial charge in [-0.1, -0.05) is 54.1 Å². The molecule has 0 unspecified atom stereocenters. The highest BCUT2D eigenvalue weighted by Crippen LogP contribution is 2.20. The molecule has 1 amide bonds. The van der Waals surface area contributed by atoms with E-state index in [1.54, 1.807) is 0 Å². The van der Waals surface area contributed by atoms with Gasteiger partial charge in [0.1, 0.15) is 11.6 Å². The summed E-state index contributed by atoms with van der Waals surface area (Å²) in [5.74, 6) is -1.02. The van der Waals surface area contributed by atoms with Crippen molar-refractivity contribution in [2.24, 2.45) is 0 Å². The summed E-state index contributed by atoms with van der Waals surface area (Å²) in [7, 11) is 0. The molecule has 0 radical (unpaired) electrons. The second kappa shape index (κ2) is 12.9. The molecule has 0 fully saturated rings. The standard InChI is InChI=1S/C11H14O.C8H7ClFNO3/c1-2-3-9-12-10-11-7-5-4-6-8-11;9-6-3-5(1-2-7(6)10)14-4-8(12)11-13/h2-8H,9-10H2,1H3;1-3,13H,4H2,(H,11,12)/b3-2-;. The summed E-state index contributed by atoms with van der Waals surface area (Å²) in [6.45, 7) is 3.03. The SMILES string of the molecule is C/C=C\COCc1ccccc1.O=C(COc1ccc(F)c(Cl)c1)NO. The molecule has 0 aliphatic heterocycles. The Morgan fingerprint density at radius 3 is 2.62 bits per heavy atom. The molecule has 0 aliphatic carbocycles. The number of benzene rings is 2. The van der Waals surface area contributed by atoms with E-state index < -0.39 is 11.7 Å². The summed E-state index contributed by atoms with van der Waals surface area (Å²) < 4.78 is 22.9. The van der Waals surface area contributed by atoms with Gasteiger partial charge < -0.3 is 9.47 Å². The summed E-state index contributed by atoms with van der Waals surface area (Å²) in [6, 6.07) is 13.9. The average molecular weight is 382 g/mol. The van der Waals surface area contributed by atoms with E-state index in [-0.39, 0.29) is 17.4 Å². The Morgan fingerprint density at radius 2 is 2.00 bits per heavy atom. The van der Waals surface area contributed by atoms with Gasteiger partial charge in [-0.15, -0.1) is 0 Å². The number of nitrogens with one attached hydrogen (secondary N) is 1. The van der Waals surface area contributed by atoms with Crippen molar-refractivity contribution in [2.75, 3.05) is 13.2 Å². The molecule has 0 saturated carbocycles. The molecule has 0 atom stereocenters. The van der Waals surface area contributed by atoms with Crippen LogP contribution in [0.5, 0.6) is 5.75 Å². The largest absolute Gasteiger partial charge is 0.484 e. The number of hydroxylamine groups is 1. The van der Waals surface area contributed by atoms with Crippen LogP contribution in [0, 0.1) is 5.82 Å². The molecule has 5 nitrogen and oxygen atoms in total. The molecule has 0 aliphatic rings. The van der Waals surface area contributed by atoms with E-state index in [1.807, 2.05) is 37.3 Å². The lowest BCUT2D eigenvalue weighted by Crippen LogP contribution is -2.25. The molecule has 0 bridgehead atoms. The first kappa shape index (κ1) is 21.6. The lowest BCUT2D eigenvalue weighted by molar-refractivity contribution is -0.131. The molecule has 2 aromatic rings. The van der Waals surface area contributed by atoms with Crippen molar-refractivity contribution in [3.8, 4) is 5.75 Å². The Balaban J connectivity index is 0.000000263. The van der Waals surface area contributed by atoms with Gasteiger partial charge in [0.2, 0.25) is 0 Å². The first-order chi connectivity index (χ1) is 12.6. The second-order valence-corrected chi connectivity index (χ2v) is 5.38. The number of carbonyl (C=O) groups is 1. The molecule has 0 aromatic heterocycles. The fraction of sp³-hybridized carbons (Fsp3) is 0.211. The lowest BCUT2D eigenvalue weighted by Gasteiger charge is -2.04. The molecular formula is C19H21ClFNO4. The maximum atomic E-state index is 12.7. The Labute approximate surface area is 157 Å². The minimum Gasteiger partial charge on any atom is -0.484 e. The molecule has 26 heavy (non-hydrogen) atoms. The number of allylic oxidation sites excluding steroid dienone is 1. The van der Waals surface area contributed by atoms with E-state index in [0.29, 0.717) is 13.2 Å². The molecule has 140 valence electrons. The van der Waals surface area contributed by atoms with Crippen LogP contribution in [-0.2, 0) is 16.1 Å². The van der Waals surface area contributed by atoms with Crippen LogP contribution in [-0.4, -0.2) is 24.3 Å². The predicted octanol–water partition coefficient (Wildman–Crippen LogP) is 4.14. The molecule has 0 spiro atoms. The third-order valence-electron chi connectivity index (χ3n) is 2.95. The third-order valence-corrected chi connectivity index (χ3v) is 3.24. The van der Waals surface area contributed by atoms with Gasteiger partial charge in [0.05, 0.1) is 18.2 Å². The maximum Gasteiger partial charge on any atom is 0.281 e. The number of amides is 1. The zero-order valence-corrected chi connectivity index (χ0v) is 15.1. The first-order valence-electron chi connectivity index (χ1n) is 7.80. The molecule has 2 aromatic carbocycles. The van der Waals surface area contributed by atoms with Gasteiger partial charge in [0, 0.05) is 6.07 Å². The van der Waals surface area contributed by atoms with Crippen LogP contribution in [0.1, 0.15) is 12.5 Å². The van der Waals surface area contributed by atoms with E-state index in [9.17, 15) is 9.18 Å². The highest BCUT2D eigenvalue weighted by atomic mass is 35.5. The molecule has 0 heterocycles. The van der Waals surface area contributed by atoms with Gasteiger partial charge in [-0.25, -0.2) is 9.87 Å². The Kier molecular flexibility index (Phi) is 10.7. The van der Waals surface area contributed by atoms with Crippen LogP contribution in [0.15, 0.2) is 60.7 Å². The smallest absolute Gasteiger partial charge is 0.281 e. The molecule has 2 N–H and O–H groups in total. The number of hydrogen-bond acceptors (Lipinski definition) is 4. The van der Waals surface area contributed by atoms with Crippen molar-refractivity contribution in [1.29, 1.82) is 0 Å². The maximum absolute atomic E-state index is 12.7. The van der Waals surface area contributed by atoms with Crippen molar-refractivity contribution < 1.29 is 23.9 Å². The summed E-state index contributed by atoms with van der Waals surface area (Å²) in [5, 5.41) is 8.06. The van der Waals surface area contributed by atoms with E-state index in [4.69, 9.17) is 26.3 Å². The van der Waals surface area contributed by atoms with Crippen LogP contribution in [0.3, 0.4) is 0 Å². The minimum absolute atomic E-state index is 0.0908. The number of rotatable bonds is 7. The summed E-state index contributed by atoms with van der Waals surface area (Å²) in [6.07, 6.45) is 3.99. The summed E-state index contributed by atoms with van der Waals surface area (Å²) >= 11 is 5.46. The van der Waals surface area contributed by atoms with Gasteiger partial charge in [-0.2, -0.15) is 0 Å². The van der Waals surface area contributed by atoms with E-state index >= 15 is 0 Å². The number of halogens is 2. The van der Waals surface area contributed by atoms with Crippen LogP contribution in [0.2, 0.25) is 5.02 Å². The van der Waals surface area contributed by atoms with Crippen LogP contribution in [0.25, 0.3) is 0 Å². The number of hydrogen-bond donors (Lipinski definition) is 2. The normalized spacial score (nSPS) is 10.2. The van der Waals surface area contributed by atoms with Crippen molar-refractivity contribution in [1.82, 2.24) is 5.48 Å². The number of carbonyl (C=O) groups excluding carboxylic acids is 1. The van der Waals surface area contributed by atoms with Gasteiger partial charge >= 0.3 is 0 Å². The van der Waals surface area contributed by atoms with Crippen molar-refractivity contribution >= 4 is 17.5 Å². The van der Waals surface area contributed by atoms with Crippen molar-refractivity contribution in [3.05, 3.63) is 77.1 Å². The Hall–Kier alpha value is -2.41. The van der Waals surface area contributed by atoms with Crippen molar-refractivity contribution in [3.63, 3.8) is 0 Å². The van der Waals surface area contributed by atoms with Crippen LogP contribution >= 0.6 is 11.6 Å². The average Bonchev–Trinajstić information content (AvgIpc) is 2.67. The van der Waals surface area contributed by atoms with Gasteiger partial charge in [-0.3, -0.25) is 10.0 Å². The minimum atomic E-state index is -0.703. The van der Waals surface area contributed by atoms with Gasteiger partial charge in [-0.05, 0) is 24.6 Å². The summed E-state index contributed by atoms with van der Waals surface area (Å²) in [5.41, 5.74) is 2.61. The topological polar surface area (TPSA) is 67.8 Å². The fourth-order valence-electron chi connectivity index (χ4n) is 1.66. The van der Waals surface area contributed by atoms with E-state index in [1.165, 1.54) is 23.2 Å². The van der Waals surface area contributed by atoms with Gasteiger partial charge in [0.15, 0.2) is 6.61 Å². The van der Waals surface area contributed by atoms with Gasteiger partial charge in [0.25, 0.3) is 5.91 Å². The summed E-state index contributed by atoms with van der Waals surface area (Å²) in [4.78, 5) is 10.5. The van der Waals surface area contributed by atoms with E-state index in [2.05, 4.69) is 12.1 Å². The third kappa shape index (κ3) is 9.17. The molecular weight excluding hydrogens is 361 g/mol. The lowest BCUT2D eigenvalue weighted by atomic mass is 10.2. The van der Waals surface area contributed by atoms with Crippen LogP contribution in [0.4, 0.5) is 4.39 Å². The highest BCUT2D eigenvalue weighted by molar-refractivity contribution is 6.30. The van der Waals surface area contributed by atoms with Crippen LogP contribution < -0.4 is 10.2 Å². The number of ether oxygens (including phenoxy) is 2. The monoisotopic (exact) mass is 381 g/mol. The predicted molar refractivity (Wildman–Crippen MR) is 97.7 cm³/mol. The zero-order chi connectivity index (χ0) is 19.2. The second-order valence-electron chi connectivity index (χ2n) is 4.97. The molecule has 7 heteroatoms. The van der Waals surface area contributed by atoms with E-state index in [0.717, 1.165) is 6.07 Å². The zero-order valence-electron chi connectivity index (χ0n) is 14.3. The van der Waals surface area contributed by atoms with Crippen molar-refractivity contribution in [2.45, 2.75) is 13.5 Å². The molecule has 0 saturated heterocycles. The Bertz CT molecular complexity index is 695. The first-order valence-corrected chi connectivity index (χ1v) is 8.18. The molecule has 2 rings (SSSR count). The highest BCUT2D eigenvalue weighted by Gasteiger charge is 2.04. The quantitative estimate of drug-likeness (QED) is 0.327. The Morgan fingerprint density at radius 1 is 1.27 bits per heavy atom. The fourth-order valence-corrected chi connectivity index (χ4v) is 1.83.